The van der Waals surface area contributed by atoms with Crippen molar-refractivity contribution in [3.63, 3.8) is 0 Å². The molecule has 1 N–H and O–H groups in total. The fraction of sp³-hybridized carbons (Fsp3) is 0.778. The highest BCUT2D eigenvalue weighted by atomic mass is 127. The Labute approximate surface area is 177 Å². The first-order valence-corrected chi connectivity index (χ1v) is 10.4. The summed E-state index contributed by atoms with van der Waals surface area (Å²) >= 11 is 1.78. The smallest absolute Gasteiger partial charge is 0.193 e. The Hall–Kier alpha value is -0.610. The largest absolute Gasteiger partial charge is 0.381 e. The maximum atomic E-state index is 5.63. The Bertz CT molecular complexity index is 610. The maximum Gasteiger partial charge on any atom is 0.193 e. The zero-order valence-electron chi connectivity index (χ0n) is 15.6. The van der Waals surface area contributed by atoms with Gasteiger partial charge in [0.05, 0.1) is 12.3 Å². The lowest BCUT2D eigenvalue weighted by molar-refractivity contribution is 0.156. The van der Waals surface area contributed by atoms with Crippen LogP contribution in [0.1, 0.15) is 31.4 Å². The van der Waals surface area contributed by atoms with Crippen LogP contribution in [-0.4, -0.2) is 68.8 Å². The molecule has 0 aromatic carbocycles. The molecule has 3 aliphatic heterocycles. The van der Waals surface area contributed by atoms with Crippen LogP contribution in [0, 0.1) is 5.41 Å². The fourth-order valence-corrected chi connectivity index (χ4v) is 5.10. The minimum Gasteiger partial charge on any atom is -0.381 e. The van der Waals surface area contributed by atoms with E-state index < -0.39 is 0 Å². The Balaban J connectivity index is 0.00000196. The topological polar surface area (TPSA) is 53.0 Å². The Kier molecular flexibility index (Phi) is 7.01. The number of halogens is 1. The molecule has 1 spiro atoms. The number of nitrogens with zero attached hydrogens (tertiary/aromatic N) is 4. The number of hydrogen-bond donors (Lipinski definition) is 1. The first-order chi connectivity index (χ1) is 12.3. The lowest BCUT2D eigenvalue weighted by atomic mass is 9.87. The lowest BCUT2D eigenvalue weighted by Crippen LogP contribution is -2.42. The minimum atomic E-state index is 0. The van der Waals surface area contributed by atoms with E-state index in [0.717, 1.165) is 58.3 Å². The number of anilines is 1. The van der Waals surface area contributed by atoms with Gasteiger partial charge in [-0.2, -0.15) is 0 Å². The van der Waals surface area contributed by atoms with Crippen molar-refractivity contribution in [2.45, 2.75) is 32.1 Å². The number of rotatable bonds is 4. The van der Waals surface area contributed by atoms with Crippen LogP contribution >= 0.6 is 35.3 Å². The van der Waals surface area contributed by atoms with Crippen molar-refractivity contribution in [3.05, 3.63) is 11.1 Å². The summed E-state index contributed by atoms with van der Waals surface area (Å²) in [6.07, 6.45) is 5.97. The molecule has 0 amide bonds. The van der Waals surface area contributed by atoms with E-state index >= 15 is 0 Å². The predicted octanol–water partition coefficient (Wildman–Crippen LogP) is 2.59. The molecule has 1 atom stereocenters. The van der Waals surface area contributed by atoms with Crippen LogP contribution in [0.5, 0.6) is 0 Å². The molecule has 1 aromatic rings. The van der Waals surface area contributed by atoms with E-state index in [-0.39, 0.29) is 24.0 Å². The maximum absolute atomic E-state index is 5.63. The molecule has 0 aliphatic carbocycles. The van der Waals surface area contributed by atoms with E-state index in [9.17, 15) is 0 Å². The van der Waals surface area contributed by atoms with Crippen LogP contribution < -0.4 is 10.2 Å². The first-order valence-electron chi connectivity index (χ1n) is 9.51. The van der Waals surface area contributed by atoms with Gasteiger partial charge in [-0.05, 0) is 25.7 Å². The second-order valence-electron chi connectivity index (χ2n) is 7.51. The lowest BCUT2D eigenvalue weighted by Gasteiger charge is -2.24. The summed E-state index contributed by atoms with van der Waals surface area (Å²) in [6, 6.07) is 0. The monoisotopic (exact) mass is 491 g/mol. The quantitative estimate of drug-likeness (QED) is 0.399. The van der Waals surface area contributed by atoms with Crippen molar-refractivity contribution in [2.75, 3.05) is 57.9 Å². The second kappa shape index (κ2) is 9.05. The summed E-state index contributed by atoms with van der Waals surface area (Å²) in [5.41, 5.74) is 1.56. The highest BCUT2D eigenvalue weighted by molar-refractivity contribution is 14.0. The standard InChI is InChI=1S/C18H29N5OS.HI/c1-19-16(23-10-5-18(13-23)6-11-24-14-18)20-7-4-15-12-25-17(21-15)22-8-2-3-9-22;/h12H,2-11,13-14H2,1H3,(H,19,20);1H. The Morgan fingerprint density at radius 2 is 2.19 bits per heavy atom. The number of hydrogen-bond acceptors (Lipinski definition) is 5. The van der Waals surface area contributed by atoms with Gasteiger partial charge in [0, 0.05) is 63.6 Å². The molecule has 8 heteroatoms. The number of guanidine groups is 1. The summed E-state index contributed by atoms with van der Waals surface area (Å²) in [6.45, 7) is 7.20. The molecule has 6 nitrogen and oxygen atoms in total. The normalized spacial score (nSPS) is 26.0. The van der Waals surface area contributed by atoms with Gasteiger partial charge in [-0.1, -0.05) is 0 Å². The van der Waals surface area contributed by atoms with Crippen molar-refractivity contribution in [3.8, 4) is 0 Å². The van der Waals surface area contributed by atoms with Crippen molar-refractivity contribution in [1.82, 2.24) is 15.2 Å². The summed E-state index contributed by atoms with van der Waals surface area (Å²) in [5.74, 6) is 1.03. The third kappa shape index (κ3) is 4.44. The Morgan fingerprint density at radius 3 is 2.92 bits per heavy atom. The highest BCUT2D eigenvalue weighted by Crippen LogP contribution is 2.38. The van der Waals surface area contributed by atoms with Gasteiger partial charge in [0.25, 0.3) is 0 Å². The zero-order chi connectivity index (χ0) is 17.1. The van der Waals surface area contributed by atoms with E-state index in [1.165, 1.54) is 36.5 Å². The number of thiazole rings is 1. The van der Waals surface area contributed by atoms with Crippen molar-refractivity contribution < 1.29 is 4.74 Å². The average molecular weight is 491 g/mol. The van der Waals surface area contributed by atoms with Gasteiger partial charge in [0.15, 0.2) is 11.1 Å². The van der Waals surface area contributed by atoms with Gasteiger partial charge in [0.2, 0.25) is 0 Å². The van der Waals surface area contributed by atoms with E-state index in [1.807, 2.05) is 7.05 Å². The zero-order valence-corrected chi connectivity index (χ0v) is 18.7. The van der Waals surface area contributed by atoms with Crippen LogP contribution in [0.2, 0.25) is 0 Å². The van der Waals surface area contributed by atoms with Gasteiger partial charge in [-0.25, -0.2) is 4.98 Å². The van der Waals surface area contributed by atoms with Crippen LogP contribution in [-0.2, 0) is 11.2 Å². The van der Waals surface area contributed by atoms with Gasteiger partial charge in [0.1, 0.15) is 0 Å². The fourth-order valence-electron chi connectivity index (χ4n) is 4.19. The van der Waals surface area contributed by atoms with Crippen molar-refractivity contribution >= 4 is 46.4 Å². The SMILES string of the molecule is CN=C(NCCc1csc(N2CCCC2)n1)N1CCC2(CCOC2)C1.I. The summed E-state index contributed by atoms with van der Waals surface area (Å²) in [7, 11) is 1.88. The molecule has 3 saturated heterocycles. The molecule has 1 aromatic heterocycles. The molecule has 1 unspecified atom stereocenters. The molecule has 3 fully saturated rings. The van der Waals surface area contributed by atoms with Gasteiger partial charge < -0.3 is 19.9 Å². The Morgan fingerprint density at radius 1 is 1.35 bits per heavy atom. The van der Waals surface area contributed by atoms with E-state index in [4.69, 9.17) is 9.72 Å². The molecule has 146 valence electrons. The number of aliphatic imine (C=N–C) groups is 1. The van der Waals surface area contributed by atoms with Crippen LogP contribution in [0.3, 0.4) is 0 Å². The number of ether oxygens (including phenoxy) is 1. The first kappa shape index (κ1) is 20.1. The second-order valence-corrected chi connectivity index (χ2v) is 8.35. The number of aromatic nitrogens is 1. The number of likely N-dealkylation sites (tertiary alicyclic amines) is 1. The number of nitrogens with one attached hydrogen (secondary N) is 1. The molecule has 0 radical (unpaired) electrons. The molecule has 3 aliphatic rings. The highest BCUT2D eigenvalue weighted by Gasteiger charge is 2.42. The minimum absolute atomic E-state index is 0. The van der Waals surface area contributed by atoms with Crippen LogP contribution in [0.25, 0.3) is 0 Å². The molecule has 0 bridgehead atoms. The van der Waals surface area contributed by atoms with Gasteiger partial charge >= 0.3 is 0 Å². The summed E-state index contributed by atoms with van der Waals surface area (Å²) in [4.78, 5) is 14.1. The van der Waals surface area contributed by atoms with E-state index in [1.54, 1.807) is 11.3 Å². The molecule has 4 heterocycles. The molecular formula is C18H30IN5OS. The van der Waals surface area contributed by atoms with E-state index in [0.29, 0.717) is 5.41 Å². The van der Waals surface area contributed by atoms with Crippen molar-refractivity contribution in [2.24, 2.45) is 10.4 Å². The molecular weight excluding hydrogens is 461 g/mol. The summed E-state index contributed by atoms with van der Waals surface area (Å²) < 4.78 is 5.63. The third-order valence-electron chi connectivity index (χ3n) is 5.72. The van der Waals surface area contributed by atoms with Gasteiger partial charge in [-0.15, -0.1) is 35.3 Å². The van der Waals surface area contributed by atoms with Crippen LogP contribution in [0.4, 0.5) is 5.13 Å². The van der Waals surface area contributed by atoms with E-state index in [2.05, 4.69) is 25.5 Å². The summed E-state index contributed by atoms with van der Waals surface area (Å²) in [5, 5.41) is 6.93. The predicted molar refractivity (Wildman–Crippen MR) is 118 cm³/mol. The molecule has 26 heavy (non-hydrogen) atoms. The van der Waals surface area contributed by atoms with Gasteiger partial charge in [-0.3, -0.25) is 4.99 Å². The van der Waals surface area contributed by atoms with Crippen LogP contribution in [0.15, 0.2) is 10.4 Å². The van der Waals surface area contributed by atoms with Crippen molar-refractivity contribution in [1.29, 1.82) is 0 Å². The molecule has 4 rings (SSSR count). The average Bonchev–Trinajstić information content (AvgIpc) is 3.41. The third-order valence-corrected chi connectivity index (χ3v) is 6.67. The molecule has 0 saturated carbocycles.